The van der Waals surface area contributed by atoms with Gasteiger partial charge in [-0.3, -0.25) is 14.5 Å². The zero-order valence-corrected chi connectivity index (χ0v) is 19.0. The fourth-order valence-electron chi connectivity index (χ4n) is 4.72. The number of furan rings is 1. The maximum atomic E-state index is 13.6. The molecule has 2 aliphatic heterocycles. The SMILES string of the molecule is Cc1ccc(C2=C(N3CCN(c4ccccc4)CC3)C(=O)N(Cc3ccco3)C2=O)c(C)c1. The van der Waals surface area contributed by atoms with Gasteiger partial charge < -0.3 is 14.2 Å². The molecule has 1 fully saturated rings. The maximum Gasteiger partial charge on any atom is 0.278 e. The van der Waals surface area contributed by atoms with Crippen molar-refractivity contribution in [3.05, 3.63) is 95.1 Å². The Kier molecular flexibility index (Phi) is 5.50. The highest BCUT2D eigenvalue weighted by molar-refractivity contribution is 6.35. The van der Waals surface area contributed by atoms with E-state index in [-0.39, 0.29) is 18.4 Å². The van der Waals surface area contributed by atoms with Crippen LogP contribution in [-0.4, -0.2) is 47.8 Å². The first-order valence-electron chi connectivity index (χ1n) is 11.3. The molecule has 3 heterocycles. The lowest BCUT2D eigenvalue weighted by molar-refractivity contribution is -0.138. The van der Waals surface area contributed by atoms with E-state index in [1.807, 2.05) is 44.2 Å². The number of carbonyl (C=O) groups is 2. The number of imide groups is 1. The number of rotatable bonds is 5. The summed E-state index contributed by atoms with van der Waals surface area (Å²) < 4.78 is 5.43. The number of hydrogen-bond donors (Lipinski definition) is 0. The topological polar surface area (TPSA) is 57.0 Å². The highest BCUT2D eigenvalue weighted by Crippen LogP contribution is 2.35. The molecule has 33 heavy (non-hydrogen) atoms. The summed E-state index contributed by atoms with van der Waals surface area (Å²) in [5, 5.41) is 0. The molecule has 0 saturated carbocycles. The predicted octanol–water partition coefficient (Wildman–Crippen LogP) is 4.00. The molecule has 1 saturated heterocycles. The van der Waals surface area contributed by atoms with Crippen LogP contribution in [0, 0.1) is 13.8 Å². The van der Waals surface area contributed by atoms with Crippen LogP contribution in [0.4, 0.5) is 5.69 Å². The Morgan fingerprint density at radius 3 is 2.21 bits per heavy atom. The first-order chi connectivity index (χ1) is 16.0. The molecule has 0 aliphatic carbocycles. The monoisotopic (exact) mass is 441 g/mol. The van der Waals surface area contributed by atoms with Crippen molar-refractivity contribution in [3.63, 3.8) is 0 Å². The third-order valence-electron chi connectivity index (χ3n) is 6.41. The second-order valence-electron chi connectivity index (χ2n) is 8.63. The highest BCUT2D eigenvalue weighted by Gasteiger charge is 2.42. The van der Waals surface area contributed by atoms with Crippen LogP contribution in [0.5, 0.6) is 0 Å². The zero-order valence-electron chi connectivity index (χ0n) is 19.0. The third-order valence-corrected chi connectivity index (χ3v) is 6.41. The average molecular weight is 442 g/mol. The van der Waals surface area contributed by atoms with E-state index in [1.54, 1.807) is 18.4 Å². The van der Waals surface area contributed by atoms with Crippen molar-refractivity contribution >= 4 is 23.1 Å². The van der Waals surface area contributed by atoms with Crippen molar-refractivity contribution in [3.8, 4) is 0 Å². The second-order valence-corrected chi connectivity index (χ2v) is 8.63. The van der Waals surface area contributed by atoms with E-state index in [0.717, 1.165) is 29.8 Å². The number of anilines is 1. The van der Waals surface area contributed by atoms with Crippen molar-refractivity contribution in [2.45, 2.75) is 20.4 Å². The van der Waals surface area contributed by atoms with E-state index in [4.69, 9.17) is 4.42 Å². The van der Waals surface area contributed by atoms with Crippen LogP contribution >= 0.6 is 0 Å². The van der Waals surface area contributed by atoms with Gasteiger partial charge in [-0.25, -0.2) is 0 Å². The van der Waals surface area contributed by atoms with Gasteiger partial charge in [0.05, 0.1) is 18.4 Å². The maximum absolute atomic E-state index is 13.6. The van der Waals surface area contributed by atoms with Gasteiger partial charge >= 0.3 is 0 Å². The Hall–Kier alpha value is -3.80. The summed E-state index contributed by atoms with van der Waals surface area (Å²) in [6.07, 6.45) is 1.56. The minimum absolute atomic E-state index is 0.132. The molecule has 3 aromatic rings. The van der Waals surface area contributed by atoms with E-state index in [1.165, 1.54) is 10.6 Å². The van der Waals surface area contributed by atoms with Gasteiger partial charge in [-0.15, -0.1) is 0 Å². The van der Waals surface area contributed by atoms with E-state index in [0.29, 0.717) is 30.1 Å². The van der Waals surface area contributed by atoms with Crippen molar-refractivity contribution in [2.24, 2.45) is 0 Å². The fraction of sp³-hybridized carbons (Fsp3) is 0.259. The summed E-state index contributed by atoms with van der Waals surface area (Å²) in [7, 11) is 0. The van der Waals surface area contributed by atoms with Gasteiger partial charge in [-0.2, -0.15) is 0 Å². The smallest absolute Gasteiger partial charge is 0.278 e. The Bertz CT molecular complexity index is 1210. The zero-order chi connectivity index (χ0) is 22.9. The van der Waals surface area contributed by atoms with Crippen LogP contribution in [0.1, 0.15) is 22.5 Å². The van der Waals surface area contributed by atoms with Crippen LogP contribution < -0.4 is 4.90 Å². The average Bonchev–Trinajstić information content (AvgIpc) is 3.42. The van der Waals surface area contributed by atoms with Crippen molar-refractivity contribution < 1.29 is 14.0 Å². The van der Waals surface area contributed by atoms with Gasteiger partial charge in [0, 0.05) is 31.9 Å². The van der Waals surface area contributed by atoms with E-state index in [2.05, 4.69) is 28.0 Å². The molecule has 0 bridgehead atoms. The lowest BCUT2D eigenvalue weighted by Gasteiger charge is -2.37. The Balaban J connectivity index is 1.48. The van der Waals surface area contributed by atoms with Gasteiger partial charge in [0.1, 0.15) is 11.5 Å². The van der Waals surface area contributed by atoms with Crippen LogP contribution in [0.15, 0.2) is 77.0 Å². The standard InChI is InChI=1S/C27H27N3O3/c1-19-10-11-23(20(2)17-19)24-25(27(32)30(26(24)31)18-22-9-6-16-33-22)29-14-12-28(13-15-29)21-7-4-3-5-8-21/h3-11,16-17H,12-15,18H2,1-2H3. The van der Waals surface area contributed by atoms with Gasteiger partial charge in [-0.05, 0) is 49.2 Å². The predicted molar refractivity (Wildman–Crippen MR) is 127 cm³/mol. The van der Waals surface area contributed by atoms with E-state index >= 15 is 0 Å². The third kappa shape index (κ3) is 3.93. The van der Waals surface area contributed by atoms with Gasteiger partial charge in [0.2, 0.25) is 0 Å². The number of para-hydroxylation sites is 1. The van der Waals surface area contributed by atoms with Crippen molar-refractivity contribution in [1.82, 2.24) is 9.80 Å². The molecule has 2 amide bonds. The molecule has 0 spiro atoms. The number of carbonyl (C=O) groups excluding carboxylic acids is 2. The molecular formula is C27H27N3O3. The van der Waals surface area contributed by atoms with E-state index in [9.17, 15) is 9.59 Å². The summed E-state index contributed by atoms with van der Waals surface area (Å²) in [5.41, 5.74) is 5.12. The van der Waals surface area contributed by atoms with Gasteiger partial charge in [0.15, 0.2) is 0 Å². The number of aryl methyl sites for hydroxylation is 2. The summed E-state index contributed by atoms with van der Waals surface area (Å²) in [6.45, 7) is 7.07. The second kappa shape index (κ2) is 8.62. The van der Waals surface area contributed by atoms with Crippen LogP contribution in [0.25, 0.3) is 5.57 Å². The minimum Gasteiger partial charge on any atom is -0.467 e. The Morgan fingerprint density at radius 2 is 1.55 bits per heavy atom. The fourth-order valence-corrected chi connectivity index (χ4v) is 4.72. The minimum atomic E-state index is -0.260. The number of piperazine rings is 1. The first-order valence-corrected chi connectivity index (χ1v) is 11.3. The summed E-state index contributed by atoms with van der Waals surface area (Å²) in [6, 6.07) is 19.8. The molecule has 0 N–H and O–H groups in total. The van der Waals surface area contributed by atoms with E-state index < -0.39 is 0 Å². The molecule has 0 unspecified atom stereocenters. The molecule has 0 radical (unpaired) electrons. The number of nitrogens with zero attached hydrogens (tertiary/aromatic N) is 3. The van der Waals surface area contributed by atoms with Crippen LogP contribution in [0.3, 0.4) is 0 Å². The molecule has 2 aliphatic rings. The molecule has 0 atom stereocenters. The molecule has 6 heteroatoms. The first kappa shape index (κ1) is 21.1. The quantitative estimate of drug-likeness (QED) is 0.560. The molecule has 1 aromatic heterocycles. The molecule has 2 aromatic carbocycles. The largest absolute Gasteiger partial charge is 0.467 e. The number of benzene rings is 2. The van der Waals surface area contributed by atoms with Gasteiger partial charge in [0.25, 0.3) is 11.8 Å². The lowest BCUT2D eigenvalue weighted by Crippen LogP contribution is -2.47. The molecule has 168 valence electrons. The Labute approximate surface area is 193 Å². The number of hydrogen-bond acceptors (Lipinski definition) is 5. The van der Waals surface area contributed by atoms with Crippen molar-refractivity contribution in [2.75, 3.05) is 31.1 Å². The summed E-state index contributed by atoms with van der Waals surface area (Å²) >= 11 is 0. The highest BCUT2D eigenvalue weighted by atomic mass is 16.3. The lowest BCUT2D eigenvalue weighted by atomic mass is 9.97. The molecular weight excluding hydrogens is 414 g/mol. The molecule has 5 rings (SSSR count). The van der Waals surface area contributed by atoms with Gasteiger partial charge in [-0.1, -0.05) is 42.0 Å². The summed E-state index contributed by atoms with van der Waals surface area (Å²) in [5.74, 6) is 0.0789. The van der Waals surface area contributed by atoms with Crippen molar-refractivity contribution in [1.29, 1.82) is 0 Å². The normalized spacial score (nSPS) is 16.8. The molecule has 6 nitrogen and oxygen atoms in total. The van der Waals surface area contributed by atoms with Crippen LogP contribution in [-0.2, 0) is 16.1 Å². The Morgan fingerprint density at radius 1 is 0.818 bits per heavy atom. The summed E-state index contributed by atoms with van der Waals surface area (Å²) in [4.78, 5) is 32.9. The van der Waals surface area contributed by atoms with Crippen LogP contribution in [0.2, 0.25) is 0 Å². The number of amides is 2.